The van der Waals surface area contributed by atoms with Crippen LogP contribution in [0.3, 0.4) is 0 Å². The lowest BCUT2D eigenvalue weighted by Gasteiger charge is -2.33. The van der Waals surface area contributed by atoms with Crippen molar-refractivity contribution in [3.8, 4) is 11.3 Å². The number of carbonyl (C=O) groups is 1. The quantitative estimate of drug-likeness (QED) is 0.412. The third-order valence-electron chi connectivity index (χ3n) is 6.31. The number of rotatable bonds is 4. The number of fused-ring (bicyclic) bond motifs is 1. The van der Waals surface area contributed by atoms with Crippen molar-refractivity contribution in [2.45, 2.75) is 26.7 Å². The Morgan fingerprint density at radius 2 is 1.79 bits per heavy atom. The number of piperidine rings is 1. The third-order valence-corrected chi connectivity index (χ3v) is 6.56. The van der Waals surface area contributed by atoms with Gasteiger partial charge in [0.2, 0.25) is 5.91 Å². The maximum Gasteiger partial charge on any atom is 0.227 e. The van der Waals surface area contributed by atoms with Crippen molar-refractivity contribution in [3.63, 3.8) is 0 Å². The molecule has 1 aliphatic rings. The first kappa shape index (κ1) is 22.3. The van der Waals surface area contributed by atoms with Crippen LogP contribution in [0.4, 0.5) is 15.9 Å². The zero-order chi connectivity index (χ0) is 23.8. The minimum Gasteiger partial charge on any atom is -0.356 e. The van der Waals surface area contributed by atoms with Crippen molar-refractivity contribution in [2.24, 2.45) is 5.92 Å². The first-order valence-corrected chi connectivity index (χ1v) is 11.7. The monoisotopic (exact) mass is 477 g/mol. The molecule has 1 amide bonds. The fraction of sp³-hybridized carbons (Fsp3) is 0.269. The van der Waals surface area contributed by atoms with Gasteiger partial charge in [-0.3, -0.25) is 4.79 Å². The highest BCUT2D eigenvalue weighted by molar-refractivity contribution is 6.30. The van der Waals surface area contributed by atoms with Crippen molar-refractivity contribution in [1.29, 1.82) is 0 Å². The molecule has 8 heteroatoms. The Kier molecular flexibility index (Phi) is 5.96. The largest absolute Gasteiger partial charge is 0.356 e. The summed E-state index contributed by atoms with van der Waals surface area (Å²) in [5.74, 6) is 0.549. The Labute approximate surface area is 202 Å². The summed E-state index contributed by atoms with van der Waals surface area (Å²) >= 11 is 6.03. The molecule has 0 atom stereocenters. The van der Waals surface area contributed by atoms with E-state index in [4.69, 9.17) is 16.7 Å². The van der Waals surface area contributed by atoms with E-state index in [0.717, 1.165) is 59.9 Å². The van der Waals surface area contributed by atoms with E-state index >= 15 is 0 Å². The first-order chi connectivity index (χ1) is 16.4. The molecule has 0 spiro atoms. The van der Waals surface area contributed by atoms with Crippen LogP contribution in [0.25, 0.3) is 16.9 Å². The Morgan fingerprint density at radius 3 is 2.50 bits per heavy atom. The number of aromatic nitrogens is 3. The van der Waals surface area contributed by atoms with Gasteiger partial charge in [-0.15, -0.1) is 0 Å². The number of carbonyl (C=O) groups excluding carboxylic acids is 1. The van der Waals surface area contributed by atoms with Crippen LogP contribution in [0.5, 0.6) is 0 Å². The number of aryl methyl sites for hydroxylation is 2. The van der Waals surface area contributed by atoms with Crippen LogP contribution in [0.1, 0.15) is 24.1 Å². The summed E-state index contributed by atoms with van der Waals surface area (Å²) < 4.78 is 15.2. The Bertz CT molecular complexity index is 1360. The van der Waals surface area contributed by atoms with E-state index in [9.17, 15) is 9.18 Å². The van der Waals surface area contributed by atoms with E-state index in [-0.39, 0.29) is 17.6 Å². The number of nitrogens with zero attached hydrogens (tertiary/aromatic N) is 4. The number of halogens is 2. The molecule has 1 saturated heterocycles. The first-order valence-electron chi connectivity index (χ1n) is 11.3. The molecule has 0 radical (unpaired) electrons. The van der Waals surface area contributed by atoms with Gasteiger partial charge in [-0.2, -0.15) is 9.61 Å². The fourth-order valence-corrected chi connectivity index (χ4v) is 4.57. The van der Waals surface area contributed by atoms with Gasteiger partial charge in [-0.05, 0) is 62.6 Å². The van der Waals surface area contributed by atoms with Gasteiger partial charge in [-0.25, -0.2) is 9.37 Å². The van der Waals surface area contributed by atoms with Crippen LogP contribution in [-0.2, 0) is 4.79 Å². The van der Waals surface area contributed by atoms with Gasteiger partial charge in [0.25, 0.3) is 0 Å². The summed E-state index contributed by atoms with van der Waals surface area (Å²) in [6, 6.07) is 16.0. The molecule has 174 valence electrons. The molecule has 4 aromatic rings. The van der Waals surface area contributed by atoms with E-state index < -0.39 is 0 Å². The predicted octanol–water partition coefficient (Wildman–Crippen LogP) is 5.66. The molecule has 1 aliphatic heterocycles. The molecule has 3 heterocycles. The van der Waals surface area contributed by atoms with Crippen LogP contribution in [0.15, 0.2) is 54.6 Å². The van der Waals surface area contributed by atoms with Gasteiger partial charge >= 0.3 is 0 Å². The molecular formula is C26H25ClFN5O. The van der Waals surface area contributed by atoms with Crippen molar-refractivity contribution >= 4 is 34.7 Å². The van der Waals surface area contributed by atoms with Crippen molar-refractivity contribution < 1.29 is 9.18 Å². The molecule has 1 N–H and O–H groups in total. The average Bonchev–Trinajstić information content (AvgIpc) is 3.25. The average molecular weight is 478 g/mol. The summed E-state index contributed by atoms with van der Waals surface area (Å²) in [6.45, 7) is 5.23. The predicted molar refractivity (Wildman–Crippen MR) is 133 cm³/mol. The molecule has 5 rings (SSSR count). The van der Waals surface area contributed by atoms with E-state index in [1.165, 1.54) is 12.1 Å². The maximum atomic E-state index is 13.4. The number of anilines is 2. The maximum absolute atomic E-state index is 13.4. The molecule has 0 bridgehead atoms. The summed E-state index contributed by atoms with van der Waals surface area (Å²) in [7, 11) is 0. The molecule has 6 nitrogen and oxygen atoms in total. The smallest absolute Gasteiger partial charge is 0.227 e. The minimum absolute atomic E-state index is 0.0190. The lowest BCUT2D eigenvalue weighted by atomic mass is 9.95. The third kappa shape index (κ3) is 4.48. The standard InChI is InChI=1S/C26H25ClFN5O/c1-16-13-21(28)7-8-22(16)30-26(34)19-9-11-32(12-10-19)25-14-17(2)29-24-15-23(31-33(24)25)18-3-5-20(27)6-4-18/h3-8,13-15,19H,9-12H2,1-2H3,(H,30,34). The molecular weight excluding hydrogens is 453 g/mol. The number of amides is 1. The highest BCUT2D eigenvalue weighted by Crippen LogP contribution is 2.28. The fourth-order valence-electron chi connectivity index (χ4n) is 4.44. The Balaban J connectivity index is 1.33. The molecule has 34 heavy (non-hydrogen) atoms. The van der Waals surface area contributed by atoms with Gasteiger partial charge in [0.1, 0.15) is 11.6 Å². The number of nitrogens with one attached hydrogen (secondary N) is 1. The normalized spacial score (nSPS) is 14.5. The molecule has 0 unspecified atom stereocenters. The molecule has 0 saturated carbocycles. The van der Waals surface area contributed by atoms with E-state index in [0.29, 0.717) is 10.7 Å². The number of benzene rings is 2. The van der Waals surface area contributed by atoms with Gasteiger partial charge < -0.3 is 10.2 Å². The van der Waals surface area contributed by atoms with E-state index in [2.05, 4.69) is 15.2 Å². The molecule has 1 fully saturated rings. The highest BCUT2D eigenvalue weighted by Gasteiger charge is 2.27. The van der Waals surface area contributed by atoms with Gasteiger partial charge in [-0.1, -0.05) is 23.7 Å². The minimum atomic E-state index is -0.305. The van der Waals surface area contributed by atoms with E-state index in [1.807, 2.05) is 47.8 Å². The van der Waals surface area contributed by atoms with Gasteiger partial charge in [0.15, 0.2) is 5.65 Å². The van der Waals surface area contributed by atoms with Crippen molar-refractivity contribution in [2.75, 3.05) is 23.3 Å². The summed E-state index contributed by atoms with van der Waals surface area (Å²) in [5, 5.41) is 8.46. The Morgan fingerprint density at radius 1 is 1.06 bits per heavy atom. The second kappa shape index (κ2) is 9.06. The zero-order valence-electron chi connectivity index (χ0n) is 19.1. The van der Waals surface area contributed by atoms with E-state index in [1.54, 1.807) is 13.0 Å². The second-order valence-electron chi connectivity index (χ2n) is 8.77. The summed E-state index contributed by atoms with van der Waals surface area (Å²) in [4.78, 5) is 19.8. The van der Waals surface area contributed by atoms with Crippen LogP contribution in [0, 0.1) is 25.6 Å². The lowest BCUT2D eigenvalue weighted by molar-refractivity contribution is -0.120. The number of hydrogen-bond acceptors (Lipinski definition) is 4. The molecule has 0 aliphatic carbocycles. The molecule has 2 aromatic carbocycles. The second-order valence-corrected chi connectivity index (χ2v) is 9.21. The van der Waals surface area contributed by atoms with Gasteiger partial charge in [0.05, 0.1) is 5.69 Å². The van der Waals surface area contributed by atoms with Crippen LogP contribution >= 0.6 is 11.6 Å². The lowest BCUT2D eigenvalue weighted by Crippen LogP contribution is -2.39. The number of hydrogen-bond donors (Lipinski definition) is 1. The van der Waals surface area contributed by atoms with Gasteiger partial charge in [0, 0.05) is 53.1 Å². The van der Waals surface area contributed by atoms with Crippen LogP contribution in [-0.4, -0.2) is 33.6 Å². The van der Waals surface area contributed by atoms with Crippen LogP contribution in [0.2, 0.25) is 5.02 Å². The summed E-state index contributed by atoms with van der Waals surface area (Å²) in [6.07, 6.45) is 1.44. The topological polar surface area (TPSA) is 62.5 Å². The zero-order valence-corrected chi connectivity index (χ0v) is 19.8. The summed E-state index contributed by atoms with van der Waals surface area (Å²) in [5.41, 5.74) is 4.88. The van der Waals surface area contributed by atoms with Crippen LogP contribution < -0.4 is 10.2 Å². The SMILES string of the molecule is Cc1cc(N2CCC(C(=O)Nc3ccc(F)cc3C)CC2)n2nc(-c3ccc(Cl)cc3)cc2n1. The van der Waals surface area contributed by atoms with Crippen molar-refractivity contribution in [3.05, 3.63) is 76.7 Å². The molecule has 2 aromatic heterocycles. The highest BCUT2D eigenvalue weighted by atomic mass is 35.5. The Hall–Kier alpha value is -3.45. The van der Waals surface area contributed by atoms with Crippen molar-refractivity contribution in [1.82, 2.24) is 14.6 Å².